The maximum Gasteiger partial charge on any atom is 0.0331 e. The monoisotopic (exact) mass is 295 g/mol. The van der Waals surface area contributed by atoms with Gasteiger partial charge in [-0.1, -0.05) is 27.2 Å². The summed E-state index contributed by atoms with van der Waals surface area (Å²) in [5, 5.41) is 0. The summed E-state index contributed by atoms with van der Waals surface area (Å²) in [7, 11) is 2.36. The van der Waals surface area contributed by atoms with Gasteiger partial charge in [0.15, 0.2) is 0 Å². The maximum absolute atomic E-state index is 6.31. The normalized spacial score (nSPS) is 32.3. The first-order valence-electron chi connectivity index (χ1n) is 9.08. The molecule has 2 N–H and O–H groups in total. The molecule has 2 aliphatic rings. The summed E-state index contributed by atoms with van der Waals surface area (Å²) in [6.45, 7) is 11.7. The minimum atomic E-state index is 0.257. The fraction of sp³-hybridized carbons (Fsp3) is 1.00. The second kappa shape index (κ2) is 6.97. The summed E-state index contributed by atoms with van der Waals surface area (Å²) in [4.78, 5) is 5.27. The van der Waals surface area contributed by atoms with Crippen molar-refractivity contribution in [1.29, 1.82) is 0 Å². The third kappa shape index (κ3) is 4.00. The zero-order chi connectivity index (χ0) is 15.5. The number of likely N-dealkylation sites (N-methyl/N-ethyl adjacent to an activating group) is 1. The molecule has 0 radical (unpaired) electrons. The lowest BCUT2D eigenvalue weighted by atomic mass is 9.82. The van der Waals surface area contributed by atoms with E-state index in [9.17, 15) is 0 Å². The fourth-order valence-corrected chi connectivity index (χ4v) is 4.43. The van der Waals surface area contributed by atoms with Gasteiger partial charge in [-0.3, -0.25) is 4.90 Å². The van der Waals surface area contributed by atoms with E-state index in [1.165, 1.54) is 64.6 Å². The van der Waals surface area contributed by atoms with Crippen LogP contribution in [0.2, 0.25) is 0 Å². The van der Waals surface area contributed by atoms with E-state index >= 15 is 0 Å². The van der Waals surface area contributed by atoms with Crippen molar-refractivity contribution in [1.82, 2.24) is 9.80 Å². The Kier molecular flexibility index (Phi) is 5.72. The molecule has 1 atom stereocenters. The van der Waals surface area contributed by atoms with E-state index in [4.69, 9.17) is 5.73 Å². The van der Waals surface area contributed by atoms with Crippen molar-refractivity contribution in [2.75, 3.05) is 33.2 Å². The van der Waals surface area contributed by atoms with Crippen molar-refractivity contribution in [3.05, 3.63) is 0 Å². The summed E-state index contributed by atoms with van der Waals surface area (Å²) >= 11 is 0. The van der Waals surface area contributed by atoms with Gasteiger partial charge in [-0.05, 0) is 70.6 Å². The molecule has 0 aromatic heterocycles. The predicted molar refractivity (Wildman–Crippen MR) is 91.6 cm³/mol. The summed E-state index contributed by atoms with van der Waals surface area (Å²) in [5.41, 5.74) is 7.07. The van der Waals surface area contributed by atoms with Gasteiger partial charge in [0.1, 0.15) is 0 Å². The summed E-state index contributed by atoms with van der Waals surface area (Å²) in [5.74, 6) is 0. The number of hydrogen-bond donors (Lipinski definition) is 1. The highest BCUT2D eigenvalue weighted by atomic mass is 15.2. The summed E-state index contributed by atoms with van der Waals surface area (Å²) in [6.07, 6.45) is 9.21. The molecule has 0 bridgehead atoms. The van der Waals surface area contributed by atoms with Crippen molar-refractivity contribution in [3.8, 4) is 0 Å². The van der Waals surface area contributed by atoms with E-state index in [-0.39, 0.29) is 5.54 Å². The van der Waals surface area contributed by atoms with Crippen LogP contribution in [-0.2, 0) is 0 Å². The van der Waals surface area contributed by atoms with Crippen molar-refractivity contribution in [3.63, 3.8) is 0 Å². The van der Waals surface area contributed by atoms with Crippen molar-refractivity contribution in [2.45, 2.75) is 77.3 Å². The highest BCUT2D eigenvalue weighted by Gasteiger charge is 2.40. The molecule has 0 aromatic carbocycles. The van der Waals surface area contributed by atoms with E-state index < -0.39 is 0 Å². The SMILES string of the molecule is CCN1CCC(N(C)C2(CN)CCCC(C)(C)CC2)CC1. The third-order valence-electron chi connectivity index (χ3n) is 6.44. The Morgan fingerprint density at radius 1 is 1.10 bits per heavy atom. The molecule has 1 heterocycles. The van der Waals surface area contributed by atoms with Crippen LogP contribution in [0.15, 0.2) is 0 Å². The molecule has 124 valence electrons. The van der Waals surface area contributed by atoms with E-state index in [1.807, 2.05) is 0 Å². The topological polar surface area (TPSA) is 32.5 Å². The molecule has 1 aliphatic heterocycles. The molecular weight excluding hydrogens is 258 g/mol. The molecule has 2 rings (SSSR count). The van der Waals surface area contributed by atoms with Gasteiger partial charge in [-0.15, -0.1) is 0 Å². The lowest BCUT2D eigenvalue weighted by molar-refractivity contribution is 0.0279. The van der Waals surface area contributed by atoms with E-state index in [1.54, 1.807) is 0 Å². The number of rotatable bonds is 4. The Balaban J connectivity index is 2.02. The van der Waals surface area contributed by atoms with Gasteiger partial charge >= 0.3 is 0 Å². The van der Waals surface area contributed by atoms with Crippen LogP contribution >= 0.6 is 0 Å². The fourth-order valence-electron chi connectivity index (χ4n) is 4.43. The molecule has 0 aromatic rings. The van der Waals surface area contributed by atoms with Crippen LogP contribution in [-0.4, -0.2) is 54.6 Å². The van der Waals surface area contributed by atoms with E-state index in [0.29, 0.717) is 5.41 Å². The lowest BCUT2D eigenvalue weighted by Crippen LogP contribution is -2.57. The van der Waals surface area contributed by atoms with E-state index in [2.05, 4.69) is 37.6 Å². The van der Waals surface area contributed by atoms with Gasteiger partial charge in [0.25, 0.3) is 0 Å². The molecule has 1 saturated heterocycles. The minimum Gasteiger partial charge on any atom is -0.329 e. The molecular formula is C18H37N3. The summed E-state index contributed by atoms with van der Waals surface area (Å²) in [6, 6.07) is 0.734. The van der Waals surface area contributed by atoms with Gasteiger partial charge < -0.3 is 10.6 Å². The van der Waals surface area contributed by atoms with Crippen LogP contribution in [0.3, 0.4) is 0 Å². The molecule has 3 nitrogen and oxygen atoms in total. The molecule has 0 spiro atoms. The Bertz CT molecular complexity index is 320. The molecule has 1 aliphatic carbocycles. The average molecular weight is 296 g/mol. The second-order valence-electron chi connectivity index (χ2n) is 8.22. The standard InChI is InChI=1S/C18H37N3/c1-5-21-13-7-16(8-14-21)20(4)18(15-19)10-6-9-17(2,3)11-12-18/h16H,5-15,19H2,1-4H3. The molecule has 0 amide bonds. The van der Waals surface area contributed by atoms with Crippen LogP contribution < -0.4 is 5.73 Å². The smallest absolute Gasteiger partial charge is 0.0331 e. The van der Waals surface area contributed by atoms with Crippen LogP contribution in [0.4, 0.5) is 0 Å². The number of likely N-dealkylation sites (tertiary alicyclic amines) is 1. The Labute approximate surface area is 132 Å². The van der Waals surface area contributed by atoms with Crippen LogP contribution in [0, 0.1) is 5.41 Å². The lowest BCUT2D eigenvalue weighted by Gasteiger charge is -2.48. The number of nitrogens with two attached hydrogens (primary N) is 1. The van der Waals surface area contributed by atoms with Crippen LogP contribution in [0.5, 0.6) is 0 Å². The van der Waals surface area contributed by atoms with Gasteiger partial charge in [0, 0.05) is 18.1 Å². The Morgan fingerprint density at radius 3 is 2.33 bits per heavy atom. The van der Waals surface area contributed by atoms with Crippen LogP contribution in [0.25, 0.3) is 0 Å². The molecule has 2 fully saturated rings. The third-order valence-corrected chi connectivity index (χ3v) is 6.44. The second-order valence-corrected chi connectivity index (χ2v) is 8.22. The Hall–Kier alpha value is -0.120. The van der Waals surface area contributed by atoms with E-state index in [0.717, 1.165) is 12.6 Å². The molecule has 21 heavy (non-hydrogen) atoms. The van der Waals surface area contributed by atoms with Gasteiger partial charge in [0.05, 0.1) is 0 Å². The largest absolute Gasteiger partial charge is 0.329 e. The first kappa shape index (κ1) is 17.2. The molecule has 1 unspecified atom stereocenters. The van der Waals surface area contributed by atoms with Gasteiger partial charge in [-0.2, -0.15) is 0 Å². The summed E-state index contributed by atoms with van der Waals surface area (Å²) < 4.78 is 0. The van der Waals surface area contributed by atoms with Crippen molar-refractivity contribution >= 4 is 0 Å². The molecule has 3 heteroatoms. The number of nitrogens with zero attached hydrogens (tertiary/aromatic N) is 2. The van der Waals surface area contributed by atoms with Gasteiger partial charge in [-0.25, -0.2) is 0 Å². The quantitative estimate of drug-likeness (QED) is 0.809. The highest BCUT2D eigenvalue weighted by Crippen LogP contribution is 2.41. The number of hydrogen-bond acceptors (Lipinski definition) is 3. The average Bonchev–Trinajstić information content (AvgIpc) is 2.65. The maximum atomic E-state index is 6.31. The minimum absolute atomic E-state index is 0.257. The first-order chi connectivity index (χ1) is 9.92. The zero-order valence-corrected chi connectivity index (χ0v) is 14.8. The van der Waals surface area contributed by atoms with Crippen LogP contribution in [0.1, 0.15) is 65.7 Å². The van der Waals surface area contributed by atoms with Crippen molar-refractivity contribution < 1.29 is 0 Å². The molecule has 1 saturated carbocycles. The number of piperidine rings is 1. The predicted octanol–water partition coefficient (Wildman–Crippen LogP) is 3.09. The van der Waals surface area contributed by atoms with Crippen molar-refractivity contribution in [2.24, 2.45) is 11.1 Å². The highest BCUT2D eigenvalue weighted by molar-refractivity contribution is 4.97. The Morgan fingerprint density at radius 2 is 1.76 bits per heavy atom. The zero-order valence-electron chi connectivity index (χ0n) is 14.8. The van der Waals surface area contributed by atoms with Gasteiger partial charge in [0.2, 0.25) is 0 Å². The first-order valence-corrected chi connectivity index (χ1v) is 9.08.